The van der Waals surface area contributed by atoms with E-state index in [1.807, 2.05) is 18.2 Å². The van der Waals surface area contributed by atoms with Crippen molar-refractivity contribution in [3.05, 3.63) is 58.4 Å². The van der Waals surface area contributed by atoms with Crippen LogP contribution in [-0.4, -0.2) is 17.6 Å². The first kappa shape index (κ1) is 15.4. The Morgan fingerprint density at radius 3 is 2.87 bits per heavy atom. The topological polar surface area (TPSA) is 61.4 Å². The van der Waals surface area contributed by atoms with Crippen molar-refractivity contribution >= 4 is 17.7 Å². The molecule has 120 valence electrons. The number of unbranched alkanes of at least 4 members (excludes halogenated alkanes) is 2. The van der Waals surface area contributed by atoms with Crippen LogP contribution in [0.4, 0.5) is 5.69 Å². The van der Waals surface area contributed by atoms with Crippen LogP contribution in [0.15, 0.2) is 52.9 Å². The van der Waals surface area contributed by atoms with E-state index in [0.717, 1.165) is 54.0 Å². The standard InChI is InChI=1S/C19H22N2O2/c1-2-3-6-9-20-18-11-14-10-13-7-4-5-8-16(13)21-17(14)12-15(18)19(22)23/h4-5,7-8,10,12,20-21H,2-3,6,9,11H2,1H3,(H,22,23). The molecule has 23 heavy (non-hydrogen) atoms. The maximum absolute atomic E-state index is 11.6. The third kappa shape index (κ3) is 3.31. The van der Waals surface area contributed by atoms with Crippen LogP contribution in [0.3, 0.4) is 0 Å². The number of anilines is 1. The Morgan fingerprint density at radius 1 is 1.26 bits per heavy atom. The highest BCUT2D eigenvalue weighted by atomic mass is 16.4. The zero-order valence-corrected chi connectivity index (χ0v) is 13.4. The predicted octanol–water partition coefficient (Wildman–Crippen LogP) is 3.90. The van der Waals surface area contributed by atoms with Gasteiger partial charge in [-0.2, -0.15) is 0 Å². The molecule has 1 aliphatic heterocycles. The summed E-state index contributed by atoms with van der Waals surface area (Å²) >= 11 is 0. The van der Waals surface area contributed by atoms with Crippen molar-refractivity contribution in [2.75, 3.05) is 11.9 Å². The van der Waals surface area contributed by atoms with Gasteiger partial charge in [0.1, 0.15) is 0 Å². The van der Waals surface area contributed by atoms with Crippen LogP contribution in [0.1, 0.15) is 38.2 Å². The molecule has 0 amide bonds. The summed E-state index contributed by atoms with van der Waals surface area (Å²) in [4.78, 5) is 11.6. The van der Waals surface area contributed by atoms with E-state index < -0.39 is 5.97 Å². The highest BCUT2D eigenvalue weighted by molar-refractivity contribution is 5.93. The van der Waals surface area contributed by atoms with Crippen LogP contribution in [0.5, 0.6) is 0 Å². The van der Waals surface area contributed by atoms with Crippen LogP contribution in [0.2, 0.25) is 0 Å². The van der Waals surface area contributed by atoms with E-state index in [4.69, 9.17) is 0 Å². The van der Waals surface area contributed by atoms with Crippen LogP contribution >= 0.6 is 0 Å². The summed E-state index contributed by atoms with van der Waals surface area (Å²) in [5, 5.41) is 16.2. The van der Waals surface area contributed by atoms with E-state index in [2.05, 4.69) is 29.7 Å². The summed E-state index contributed by atoms with van der Waals surface area (Å²) in [5.41, 5.74) is 5.35. The number of fused-ring (bicyclic) bond motifs is 2. The molecular weight excluding hydrogens is 288 g/mol. The molecule has 2 aliphatic rings. The fourth-order valence-electron chi connectivity index (χ4n) is 2.98. The SMILES string of the molecule is CCCCCNC1=C(C(=O)O)C=C2Nc3ccccc3C=C2C1. The molecule has 1 heterocycles. The molecule has 4 nitrogen and oxygen atoms in total. The molecule has 1 aliphatic carbocycles. The first-order chi connectivity index (χ1) is 11.2. The monoisotopic (exact) mass is 310 g/mol. The van der Waals surface area contributed by atoms with Crippen molar-refractivity contribution < 1.29 is 9.90 Å². The number of allylic oxidation sites excluding steroid dienone is 2. The molecule has 0 spiro atoms. The molecule has 0 saturated heterocycles. The molecule has 0 unspecified atom stereocenters. The first-order valence-corrected chi connectivity index (χ1v) is 8.18. The van der Waals surface area contributed by atoms with E-state index in [0.29, 0.717) is 12.0 Å². The minimum atomic E-state index is -0.879. The lowest BCUT2D eigenvalue weighted by Crippen LogP contribution is -2.24. The second kappa shape index (κ2) is 6.73. The molecule has 1 aromatic rings. The zero-order chi connectivity index (χ0) is 16.2. The molecule has 4 heteroatoms. The number of carboxylic acids is 1. The quantitative estimate of drug-likeness (QED) is 0.697. The normalized spacial score (nSPS) is 15.9. The number of carbonyl (C=O) groups is 1. The lowest BCUT2D eigenvalue weighted by molar-refractivity contribution is -0.132. The lowest BCUT2D eigenvalue weighted by Gasteiger charge is -2.27. The second-order valence-corrected chi connectivity index (χ2v) is 5.95. The number of carboxylic acid groups (broad SMARTS) is 1. The molecule has 3 rings (SSSR count). The van der Waals surface area contributed by atoms with Gasteiger partial charge in [-0.1, -0.05) is 38.0 Å². The average molecular weight is 310 g/mol. The average Bonchev–Trinajstić information content (AvgIpc) is 2.56. The van der Waals surface area contributed by atoms with E-state index in [9.17, 15) is 9.90 Å². The molecule has 1 aromatic carbocycles. The van der Waals surface area contributed by atoms with Gasteiger partial charge in [0, 0.05) is 30.0 Å². The second-order valence-electron chi connectivity index (χ2n) is 5.95. The van der Waals surface area contributed by atoms with Crippen LogP contribution in [0.25, 0.3) is 6.08 Å². The highest BCUT2D eigenvalue weighted by Crippen LogP contribution is 2.35. The van der Waals surface area contributed by atoms with Gasteiger partial charge in [0.05, 0.1) is 5.57 Å². The maximum atomic E-state index is 11.6. The van der Waals surface area contributed by atoms with Gasteiger partial charge in [0.15, 0.2) is 0 Å². The Hall–Kier alpha value is -2.49. The van der Waals surface area contributed by atoms with Gasteiger partial charge in [0.25, 0.3) is 0 Å². The molecule has 0 bridgehead atoms. The Balaban J connectivity index is 1.86. The lowest BCUT2D eigenvalue weighted by atomic mass is 9.91. The van der Waals surface area contributed by atoms with Gasteiger partial charge in [-0.05, 0) is 35.8 Å². The number of hydrogen-bond acceptors (Lipinski definition) is 3. The number of benzene rings is 1. The van der Waals surface area contributed by atoms with E-state index in [1.54, 1.807) is 6.08 Å². The summed E-state index contributed by atoms with van der Waals surface area (Å²) in [7, 11) is 0. The molecule has 0 saturated carbocycles. The van der Waals surface area contributed by atoms with Gasteiger partial charge in [0.2, 0.25) is 0 Å². The Bertz CT molecular complexity index is 714. The summed E-state index contributed by atoms with van der Waals surface area (Å²) in [6.45, 7) is 2.98. The number of rotatable bonds is 6. The van der Waals surface area contributed by atoms with Gasteiger partial charge in [-0.3, -0.25) is 0 Å². The van der Waals surface area contributed by atoms with Crippen molar-refractivity contribution in [1.29, 1.82) is 0 Å². The van der Waals surface area contributed by atoms with Gasteiger partial charge >= 0.3 is 5.97 Å². The van der Waals surface area contributed by atoms with E-state index >= 15 is 0 Å². The van der Waals surface area contributed by atoms with Gasteiger partial charge in [-0.25, -0.2) is 4.79 Å². The maximum Gasteiger partial charge on any atom is 0.337 e. The van der Waals surface area contributed by atoms with Crippen molar-refractivity contribution in [1.82, 2.24) is 5.32 Å². The zero-order valence-electron chi connectivity index (χ0n) is 13.4. The fourth-order valence-corrected chi connectivity index (χ4v) is 2.98. The number of nitrogens with one attached hydrogen (secondary N) is 2. The molecule has 0 atom stereocenters. The van der Waals surface area contributed by atoms with Crippen LogP contribution in [-0.2, 0) is 4.79 Å². The fraction of sp³-hybridized carbons (Fsp3) is 0.316. The van der Waals surface area contributed by atoms with Crippen LogP contribution < -0.4 is 10.6 Å². The van der Waals surface area contributed by atoms with Crippen molar-refractivity contribution in [2.24, 2.45) is 0 Å². The highest BCUT2D eigenvalue weighted by Gasteiger charge is 2.24. The summed E-state index contributed by atoms with van der Waals surface area (Å²) < 4.78 is 0. The van der Waals surface area contributed by atoms with Crippen molar-refractivity contribution in [3.63, 3.8) is 0 Å². The number of hydrogen-bond donors (Lipinski definition) is 3. The summed E-state index contributed by atoms with van der Waals surface area (Å²) in [6, 6.07) is 8.06. The van der Waals surface area contributed by atoms with E-state index in [1.165, 1.54) is 0 Å². The molecule has 3 N–H and O–H groups in total. The van der Waals surface area contributed by atoms with Crippen LogP contribution in [0, 0.1) is 0 Å². The third-order valence-electron chi connectivity index (χ3n) is 4.24. The van der Waals surface area contributed by atoms with Crippen molar-refractivity contribution in [2.45, 2.75) is 32.6 Å². The van der Waals surface area contributed by atoms with E-state index in [-0.39, 0.29) is 0 Å². The Labute approximate surface area is 136 Å². The number of aliphatic carboxylic acids is 1. The largest absolute Gasteiger partial charge is 0.478 e. The third-order valence-corrected chi connectivity index (χ3v) is 4.24. The predicted molar refractivity (Wildman–Crippen MR) is 92.9 cm³/mol. The minimum absolute atomic E-state index is 0.362. The number of para-hydroxylation sites is 1. The molecule has 0 aromatic heterocycles. The Kier molecular flexibility index (Phi) is 4.51. The summed E-state index contributed by atoms with van der Waals surface area (Å²) in [5.74, 6) is -0.879. The van der Waals surface area contributed by atoms with Gasteiger partial charge < -0.3 is 15.7 Å². The smallest absolute Gasteiger partial charge is 0.337 e. The Morgan fingerprint density at radius 2 is 2.09 bits per heavy atom. The molecule has 0 radical (unpaired) electrons. The molecule has 0 fully saturated rings. The first-order valence-electron chi connectivity index (χ1n) is 8.18. The minimum Gasteiger partial charge on any atom is -0.478 e. The van der Waals surface area contributed by atoms with Gasteiger partial charge in [-0.15, -0.1) is 0 Å². The van der Waals surface area contributed by atoms with Crippen molar-refractivity contribution in [3.8, 4) is 0 Å². The summed E-state index contributed by atoms with van der Waals surface area (Å²) in [6.07, 6.45) is 7.88. The molecular formula is C19H22N2O2.